The molecule has 16 heavy (non-hydrogen) atoms. The molecule has 0 saturated carbocycles. The number of aromatic nitrogens is 3. The highest BCUT2D eigenvalue weighted by molar-refractivity contribution is 6.01. The van der Waals surface area contributed by atoms with Crippen LogP contribution in [0.5, 0.6) is 0 Å². The molecule has 82 valence electrons. The summed E-state index contributed by atoms with van der Waals surface area (Å²) in [6, 6.07) is 4.77. The highest BCUT2D eigenvalue weighted by Crippen LogP contribution is 2.15. The van der Waals surface area contributed by atoms with Crippen LogP contribution in [-0.2, 0) is 4.74 Å². The Morgan fingerprint density at radius 1 is 1.62 bits per heavy atom. The summed E-state index contributed by atoms with van der Waals surface area (Å²) >= 11 is 0. The van der Waals surface area contributed by atoms with E-state index in [-0.39, 0.29) is 12.2 Å². The smallest absolute Gasteiger partial charge is 0.340 e. The average molecular weight is 219 g/mol. The summed E-state index contributed by atoms with van der Waals surface area (Å²) < 4.78 is 4.88. The maximum atomic E-state index is 11.6. The summed E-state index contributed by atoms with van der Waals surface area (Å²) in [4.78, 5) is 12.2. The van der Waals surface area contributed by atoms with E-state index in [1.165, 1.54) is 6.08 Å². The molecule has 0 radical (unpaired) electrons. The maximum absolute atomic E-state index is 11.6. The molecule has 0 atom stereocenters. The Hall–Kier alpha value is -2.37. The minimum absolute atomic E-state index is 0.127. The number of nitrogens with zero attached hydrogens (tertiary/aromatic N) is 3. The number of carbonyl (C=O) groups is 1. The quantitative estimate of drug-likeness (QED) is 0.473. The molecular weight excluding hydrogens is 210 g/mol. The van der Waals surface area contributed by atoms with Gasteiger partial charge >= 0.3 is 5.97 Å². The van der Waals surface area contributed by atoms with Crippen molar-refractivity contribution >= 4 is 17.0 Å². The van der Waals surface area contributed by atoms with Crippen molar-refractivity contribution in [3.8, 4) is 0 Å². The van der Waals surface area contributed by atoms with Crippen LogP contribution in [0.1, 0.15) is 10.4 Å². The van der Waals surface area contributed by atoms with Gasteiger partial charge in [0.15, 0.2) is 0 Å². The van der Waals surface area contributed by atoms with Crippen molar-refractivity contribution in [1.29, 1.82) is 0 Å². The Kier molecular flexibility index (Phi) is 2.55. The van der Waals surface area contributed by atoms with Gasteiger partial charge in [-0.3, -0.25) is 0 Å². The number of hydrogen-bond donors (Lipinski definition) is 1. The lowest BCUT2D eigenvalue weighted by molar-refractivity contribution is 0.0552. The monoisotopic (exact) mass is 219 g/mol. The highest BCUT2D eigenvalue weighted by atomic mass is 16.5. The fourth-order valence-electron chi connectivity index (χ4n) is 1.31. The van der Waals surface area contributed by atoms with Gasteiger partial charge in [0.1, 0.15) is 17.6 Å². The third-order valence-corrected chi connectivity index (χ3v) is 2.01. The van der Waals surface area contributed by atoms with Crippen LogP contribution < -0.4 is 0 Å². The van der Waals surface area contributed by atoms with Crippen LogP contribution in [0.4, 0.5) is 0 Å². The van der Waals surface area contributed by atoms with E-state index in [9.17, 15) is 10.0 Å². The molecule has 0 aliphatic rings. The Morgan fingerprint density at radius 2 is 2.44 bits per heavy atom. The van der Waals surface area contributed by atoms with Gasteiger partial charge in [0.2, 0.25) is 0 Å². The average Bonchev–Trinajstić information content (AvgIpc) is 2.68. The van der Waals surface area contributed by atoms with Crippen molar-refractivity contribution in [2.24, 2.45) is 0 Å². The second kappa shape index (κ2) is 4.01. The van der Waals surface area contributed by atoms with E-state index in [4.69, 9.17) is 4.74 Å². The van der Waals surface area contributed by atoms with Crippen molar-refractivity contribution < 1.29 is 14.7 Å². The Morgan fingerprint density at radius 3 is 3.19 bits per heavy atom. The van der Waals surface area contributed by atoms with Crippen LogP contribution in [0.15, 0.2) is 30.9 Å². The van der Waals surface area contributed by atoms with Gasteiger partial charge in [-0.1, -0.05) is 23.6 Å². The van der Waals surface area contributed by atoms with Crippen LogP contribution >= 0.6 is 0 Å². The lowest BCUT2D eigenvalue weighted by Crippen LogP contribution is -2.05. The zero-order valence-electron chi connectivity index (χ0n) is 8.33. The molecule has 2 aromatic rings. The van der Waals surface area contributed by atoms with Crippen molar-refractivity contribution in [2.45, 2.75) is 0 Å². The summed E-state index contributed by atoms with van der Waals surface area (Å²) in [5.74, 6) is -0.522. The van der Waals surface area contributed by atoms with Crippen LogP contribution in [0.2, 0.25) is 0 Å². The zero-order valence-corrected chi connectivity index (χ0v) is 8.33. The number of fused-ring (bicyclic) bond motifs is 1. The fourth-order valence-corrected chi connectivity index (χ4v) is 1.31. The molecule has 1 heterocycles. The molecule has 0 saturated heterocycles. The van der Waals surface area contributed by atoms with E-state index in [1.54, 1.807) is 18.2 Å². The summed E-state index contributed by atoms with van der Waals surface area (Å²) in [6.45, 7) is 3.57. The topological polar surface area (TPSA) is 77.2 Å². The molecular formula is C10H9N3O3. The highest BCUT2D eigenvalue weighted by Gasteiger charge is 2.15. The number of hydrogen-bond acceptors (Lipinski definition) is 5. The van der Waals surface area contributed by atoms with Crippen LogP contribution in [-0.4, -0.2) is 32.9 Å². The first-order valence-electron chi connectivity index (χ1n) is 4.55. The molecule has 0 spiro atoms. The molecule has 1 aromatic carbocycles. The van der Waals surface area contributed by atoms with Gasteiger partial charge in [-0.15, -0.1) is 5.10 Å². The Bertz CT molecular complexity index is 547. The van der Waals surface area contributed by atoms with E-state index in [0.29, 0.717) is 15.9 Å². The Labute approximate surface area is 90.7 Å². The van der Waals surface area contributed by atoms with E-state index < -0.39 is 5.97 Å². The van der Waals surface area contributed by atoms with E-state index in [2.05, 4.69) is 16.9 Å². The van der Waals surface area contributed by atoms with Crippen molar-refractivity contribution in [3.63, 3.8) is 0 Å². The molecule has 0 aliphatic carbocycles. The first kappa shape index (κ1) is 10.2. The number of benzene rings is 1. The zero-order chi connectivity index (χ0) is 11.5. The van der Waals surface area contributed by atoms with E-state index in [0.717, 1.165) is 0 Å². The molecule has 0 fully saturated rings. The minimum atomic E-state index is -0.522. The summed E-state index contributed by atoms with van der Waals surface area (Å²) in [5.41, 5.74) is 0.923. The lowest BCUT2D eigenvalue weighted by Gasteiger charge is -2.01. The standard InChI is InChI=1S/C10H9N3O3/c1-2-6-16-10(14)7-4-3-5-8-9(7)11-12-13(8)15/h2-5,15H,1,6H2. The van der Waals surface area contributed by atoms with Gasteiger partial charge in [0, 0.05) is 0 Å². The number of rotatable bonds is 3. The van der Waals surface area contributed by atoms with Gasteiger partial charge in [-0.05, 0) is 17.3 Å². The predicted molar refractivity (Wildman–Crippen MR) is 55.2 cm³/mol. The van der Waals surface area contributed by atoms with Crippen molar-refractivity contribution in [1.82, 2.24) is 15.2 Å². The van der Waals surface area contributed by atoms with Crippen LogP contribution in [0.3, 0.4) is 0 Å². The van der Waals surface area contributed by atoms with Gasteiger partial charge < -0.3 is 9.94 Å². The third-order valence-electron chi connectivity index (χ3n) is 2.01. The minimum Gasteiger partial charge on any atom is -0.458 e. The first-order valence-corrected chi connectivity index (χ1v) is 4.55. The Balaban J connectivity index is 2.44. The summed E-state index contributed by atoms with van der Waals surface area (Å²) in [6.07, 6.45) is 1.47. The number of ether oxygens (including phenoxy) is 1. The molecule has 0 amide bonds. The normalized spacial score (nSPS) is 10.2. The van der Waals surface area contributed by atoms with Crippen molar-refractivity contribution in [3.05, 3.63) is 36.4 Å². The van der Waals surface area contributed by atoms with Crippen molar-refractivity contribution in [2.75, 3.05) is 6.61 Å². The molecule has 0 unspecified atom stereocenters. The lowest BCUT2D eigenvalue weighted by atomic mass is 10.2. The van der Waals surface area contributed by atoms with Gasteiger partial charge in [0.05, 0.1) is 5.56 Å². The van der Waals surface area contributed by atoms with E-state index in [1.807, 2.05) is 0 Å². The van der Waals surface area contributed by atoms with Crippen LogP contribution in [0.25, 0.3) is 11.0 Å². The first-order chi connectivity index (χ1) is 7.74. The number of esters is 1. The second-order valence-electron chi connectivity index (χ2n) is 3.04. The summed E-state index contributed by atoms with van der Waals surface area (Å²) in [7, 11) is 0. The van der Waals surface area contributed by atoms with E-state index >= 15 is 0 Å². The molecule has 1 N–H and O–H groups in total. The molecule has 6 nitrogen and oxygen atoms in total. The molecule has 6 heteroatoms. The SMILES string of the molecule is C=CCOC(=O)c1cccc2c1nnn2O. The molecule has 2 rings (SSSR count). The van der Waals surface area contributed by atoms with Gasteiger partial charge in [0.25, 0.3) is 0 Å². The summed E-state index contributed by atoms with van der Waals surface area (Å²) in [5, 5.41) is 16.4. The van der Waals surface area contributed by atoms with Crippen LogP contribution in [0, 0.1) is 0 Å². The second-order valence-corrected chi connectivity index (χ2v) is 3.04. The molecule has 0 aliphatic heterocycles. The van der Waals surface area contributed by atoms with Gasteiger partial charge in [-0.2, -0.15) is 0 Å². The predicted octanol–water partition coefficient (Wildman–Crippen LogP) is 1.01. The third kappa shape index (κ3) is 1.60. The fraction of sp³-hybridized carbons (Fsp3) is 0.100. The van der Waals surface area contributed by atoms with Gasteiger partial charge in [-0.25, -0.2) is 4.79 Å². The molecule has 1 aromatic heterocycles. The molecule has 0 bridgehead atoms. The number of carbonyl (C=O) groups excluding carboxylic acids is 1. The largest absolute Gasteiger partial charge is 0.458 e. The maximum Gasteiger partial charge on any atom is 0.340 e.